The smallest absolute Gasteiger partial charge is 0.416 e. The molecule has 2 aliphatic rings. The summed E-state index contributed by atoms with van der Waals surface area (Å²) in [6.07, 6.45) is -2.46. The van der Waals surface area contributed by atoms with Crippen molar-refractivity contribution in [1.82, 2.24) is 9.88 Å². The first-order valence-corrected chi connectivity index (χ1v) is 10.9. The van der Waals surface area contributed by atoms with Gasteiger partial charge >= 0.3 is 6.16 Å². The molecule has 1 aliphatic carbocycles. The molecular weight excluding hydrogens is 441 g/mol. The molecule has 11 heteroatoms. The Morgan fingerprint density at radius 3 is 2.75 bits per heavy atom. The summed E-state index contributed by atoms with van der Waals surface area (Å²) in [6, 6.07) is 3.60. The van der Waals surface area contributed by atoms with E-state index in [2.05, 4.69) is 9.72 Å². The van der Waals surface area contributed by atoms with Crippen LogP contribution >= 0.6 is 11.3 Å². The lowest BCUT2D eigenvalue weighted by molar-refractivity contribution is -0.419. The number of aliphatic hydroxyl groups is 3. The highest BCUT2D eigenvalue weighted by Crippen LogP contribution is 2.47. The Bertz CT molecular complexity index is 1090. The van der Waals surface area contributed by atoms with Crippen LogP contribution in [0.5, 0.6) is 5.75 Å². The number of benzene rings is 1. The van der Waals surface area contributed by atoms with Crippen molar-refractivity contribution >= 4 is 17.2 Å². The third-order valence-corrected chi connectivity index (χ3v) is 6.51. The number of amides is 1. The average Bonchev–Trinajstić information content (AvgIpc) is 3.27. The lowest BCUT2D eigenvalue weighted by atomic mass is 10.1. The number of rotatable bonds is 5. The van der Waals surface area contributed by atoms with Crippen LogP contribution in [0.4, 0.5) is 4.39 Å². The number of nitrogens with zero attached hydrogens (tertiary/aromatic N) is 3. The highest BCUT2D eigenvalue weighted by Gasteiger charge is 2.48. The van der Waals surface area contributed by atoms with Crippen LogP contribution in [0.25, 0.3) is 11.3 Å². The van der Waals surface area contributed by atoms with Crippen molar-refractivity contribution in [2.75, 3.05) is 13.1 Å². The molecule has 0 radical (unpaired) electrons. The van der Waals surface area contributed by atoms with Gasteiger partial charge in [-0.05, 0) is 25.8 Å². The van der Waals surface area contributed by atoms with Crippen molar-refractivity contribution < 1.29 is 34.0 Å². The zero-order valence-electron chi connectivity index (χ0n) is 17.4. The Hall–Kier alpha value is -2.62. The van der Waals surface area contributed by atoms with E-state index >= 15 is 0 Å². The van der Waals surface area contributed by atoms with Crippen LogP contribution in [0.2, 0.25) is 0 Å². The Kier molecular flexibility index (Phi) is 5.68. The summed E-state index contributed by atoms with van der Waals surface area (Å²) < 4.78 is 24.7. The summed E-state index contributed by atoms with van der Waals surface area (Å²) >= 11 is 1.24. The van der Waals surface area contributed by atoms with Gasteiger partial charge in [-0.3, -0.25) is 4.79 Å². The topological polar surface area (TPSA) is 136 Å². The fourth-order valence-corrected chi connectivity index (χ4v) is 4.51. The summed E-state index contributed by atoms with van der Waals surface area (Å²) in [5.74, 6) is -1.27. The van der Waals surface area contributed by atoms with Crippen molar-refractivity contribution in [3.05, 3.63) is 33.9 Å². The molecule has 1 amide bonds. The quantitative estimate of drug-likeness (QED) is 0.572. The zero-order chi connectivity index (χ0) is 23.3. The van der Waals surface area contributed by atoms with Gasteiger partial charge in [0.05, 0.1) is 23.9 Å². The number of hydrogen-bond donors (Lipinski definition) is 3. The normalized spacial score (nSPS) is 22.3. The van der Waals surface area contributed by atoms with E-state index in [1.54, 1.807) is 16.3 Å². The standard InChI is InChI=1S/C21H22FN3O6S/c1-11-8-25(19(26)20(2)3-4-20)9-17(30-11)18-24-15(10-32-18)13-5-12(7-23)14(22)6-16(13)31-21(27,28)29/h5-6,10-11,17,27-29H,3-4,8-9H2,1-2H3. The largest absolute Gasteiger partial charge is 0.453 e. The number of nitriles is 1. The molecule has 32 heavy (non-hydrogen) atoms. The number of morpholine rings is 1. The fourth-order valence-electron chi connectivity index (χ4n) is 3.67. The van der Waals surface area contributed by atoms with Crippen LogP contribution in [0, 0.1) is 22.6 Å². The number of aromatic nitrogens is 1. The van der Waals surface area contributed by atoms with Crippen molar-refractivity contribution in [1.29, 1.82) is 5.26 Å². The minimum Gasteiger partial charge on any atom is -0.416 e. The summed E-state index contributed by atoms with van der Waals surface area (Å²) in [4.78, 5) is 19.1. The molecule has 1 saturated carbocycles. The van der Waals surface area contributed by atoms with Crippen LogP contribution in [-0.4, -0.2) is 56.5 Å². The number of carbonyl (C=O) groups excluding carboxylic acids is 1. The van der Waals surface area contributed by atoms with Crippen molar-refractivity contribution in [3.63, 3.8) is 0 Å². The molecule has 9 nitrogen and oxygen atoms in total. The van der Waals surface area contributed by atoms with Gasteiger partial charge in [-0.1, -0.05) is 6.92 Å². The van der Waals surface area contributed by atoms with Gasteiger partial charge in [-0.2, -0.15) is 5.26 Å². The van der Waals surface area contributed by atoms with Gasteiger partial charge < -0.3 is 29.7 Å². The van der Waals surface area contributed by atoms with E-state index < -0.39 is 23.8 Å². The molecule has 4 rings (SSSR count). The summed E-state index contributed by atoms with van der Waals surface area (Å²) in [5.41, 5.74) is -0.267. The minimum atomic E-state index is -3.55. The van der Waals surface area contributed by atoms with Crippen LogP contribution in [0.15, 0.2) is 17.5 Å². The molecule has 170 valence electrons. The zero-order valence-corrected chi connectivity index (χ0v) is 18.2. The molecule has 0 bridgehead atoms. The van der Waals surface area contributed by atoms with Crippen LogP contribution < -0.4 is 4.74 Å². The number of halogens is 1. The predicted molar refractivity (Wildman–Crippen MR) is 109 cm³/mol. The van der Waals surface area contributed by atoms with Crippen molar-refractivity contribution in [3.8, 4) is 23.1 Å². The fraction of sp³-hybridized carbons (Fsp3) is 0.476. The van der Waals surface area contributed by atoms with Gasteiger partial charge in [0, 0.05) is 29.0 Å². The van der Waals surface area contributed by atoms with E-state index in [0.29, 0.717) is 18.1 Å². The summed E-state index contributed by atoms with van der Waals surface area (Å²) in [6.45, 7) is 4.67. The third-order valence-electron chi connectivity index (χ3n) is 5.57. The summed E-state index contributed by atoms with van der Waals surface area (Å²) in [7, 11) is 0. The van der Waals surface area contributed by atoms with E-state index in [9.17, 15) is 24.5 Å². The molecule has 1 aliphatic heterocycles. The highest BCUT2D eigenvalue weighted by atomic mass is 32.1. The Labute approximate surface area is 187 Å². The second kappa shape index (κ2) is 8.06. The van der Waals surface area contributed by atoms with Gasteiger partial charge in [0.1, 0.15) is 28.7 Å². The van der Waals surface area contributed by atoms with Gasteiger partial charge in [0.25, 0.3) is 0 Å². The van der Waals surface area contributed by atoms with Gasteiger partial charge in [0.15, 0.2) is 0 Å². The lowest BCUT2D eigenvalue weighted by Crippen LogP contribution is -2.48. The van der Waals surface area contributed by atoms with Gasteiger partial charge in [-0.25, -0.2) is 9.37 Å². The first-order valence-electron chi connectivity index (χ1n) is 9.99. The van der Waals surface area contributed by atoms with Gasteiger partial charge in [-0.15, -0.1) is 11.3 Å². The SMILES string of the molecule is CC1CN(C(=O)C2(C)CC2)CC(c2nc(-c3cc(C#N)c(F)cc3OC(O)(O)O)cs2)O1. The molecule has 2 heterocycles. The van der Waals surface area contributed by atoms with Crippen LogP contribution in [0.1, 0.15) is 43.4 Å². The first kappa shape index (κ1) is 22.6. The molecule has 2 aromatic rings. The average molecular weight is 463 g/mol. The molecule has 2 fully saturated rings. The van der Waals surface area contributed by atoms with Gasteiger partial charge in [0.2, 0.25) is 5.91 Å². The number of carbonyl (C=O) groups is 1. The minimum absolute atomic E-state index is 0.0780. The molecule has 1 aromatic heterocycles. The molecule has 1 saturated heterocycles. The second-order valence-electron chi connectivity index (χ2n) is 8.39. The van der Waals surface area contributed by atoms with E-state index in [-0.39, 0.29) is 34.2 Å². The summed E-state index contributed by atoms with van der Waals surface area (Å²) in [5, 5.41) is 38.8. The van der Waals surface area contributed by atoms with E-state index in [4.69, 9.17) is 10.00 Å². The van der Waals surface area contributed by atoms with Crippen LogP contribution in [0.3, 0.4) is 0 Å². The Morgan fingerprint density at radius 2 is 2.12 bits per heavy atom. The predicted octanol–water partition coefficient (Wildman–Crippen LogP) is 1.88. The maximum Gasteiger partial charge on any atom is 0.453 e. The molecule has 2 atom stereocenters. The lowest BCUT2D eigenvalue weighted by Gasteiger charge is -2.37. The highest BCUT2D eigenvalue weighted by molar-refractivity contribution is 7.10. The second-order valence-corrected chi connectivity index (χ2v) is 9.28. The molecule has 0 spiro atoms. The molecule has 2 unspecified atom stereocenters. The maximum absolute atomic E-state index is 14.1. The first-order chi connectivity index (χ1) is 15.0. The van der Waals surface area contributed by atoms with Crippen LogP contribution in [-0.2, 0) is 9.53 Å². The third kappa shape index (κ3) is 4.60. The van der Waals surface area contributed by atoms with E-state index in [0.717, 1.165) is 25.0 Å². The number of ether oxygens (including phenoxy) is 2. The van der Waals surface area contributed by atoms with Crippen molar-refractivity contribution in [2.24, 2.45) is 5.41 Å². The monoisotopic (exact) mass is 463 g/mol. The molecule has 1 aromatic carbocycles. The van der Waals surface area contributed by atoms with E-state index in [1.165, 1.54) is 11.3 Å². The molecular formula is C21H22FN3O6S. The maximum atomic E-state index is 14.1. The van der Waals surface area contributed by atoms with Crippen molar-refractivity contribution in [2.45, 2.75) is 45.1 Å². The molecule has 3 N–H and O–H groups in total. The number of hydrogen-bond acceptors (Lipinski definition) is 9. The number of thiazole rings is 1. The Balaban J connectivity index is 1.63. The Morgan fingerprint density at radius 1 is 1.41 bits per heavy atom. The van der Waals surface area contributed by atoms with E-state index in [1.807, 2.05) is 13.8 Å².